The first-order valence-electron chi connectivity index (χ1n) is 33.9. The first kappa shape index (κ1) is 74.8. The van der Waals surface area contributed by atoms with Gasteiger partial charge in [0.05, 0.1) is 0 Å². The summed E-state index contributed by atoms with van der Waals surface area (Å²) in [5.74, 6) is -0.911. The van der Waals surface area contributed by atoms with E-state index in [0.29, 0.717) is 19.3 Å². The minimum atomic E-state index is -0.797. The molecule has 0 aliphatic heterocycles. The Morgan fingerprint density at radius 2 is 0.500 bits per heavy atom. The smallest absolute Gasteiger partial charge is 0.306 e. The van der Waals surface area contributed by atoms with Crippen molar-refractivity contribution in [2.45, 2.75) is 354 Å². The van der Waals surface area contributed by atoms with E-state index >= 15 is 0 Å². The molecule has 0 fully saturated rings. The molecule has 0 saturated carbocycles. The lowest BCUT2D eigenvalue weighted by Crippen LogP contribution is -2.30. The van der Waals surface area contributed by atoms with Crippen LogP contribution in [0.2, 0.25) is 0 Å². The number of rotatable bonds is 62. The molecule has 0 aromatic rings. The van der Waals surface area contributed by atoms with E-state index in [1.54, 1.807) is 0 Å². The Balaban J connectivity index is 4.36. The van der Waals surface area contributed by atoms with Crippen LogP contribution in [-0.2, 0) is 28.6 Å². The number of esters is 3. The van der Waals surface area contributed by atoms with Crippen LogP contribution in [0.25, 0.3) is 0 Å². The molecule has 0 aromatic heterocycles. The van der Waals surface area contributed by atoms with Crippen LogP contribution in [0.1, 0.15) is 348 Å². The number of allylic oxidation sites excluding steroid dienone is 12. The highest BCUT2D eigenvalue weighted by molar-refractivity contribution is 5.71. The molecule has 452 valence electrons. The van der Waals surface area contributed by atoms with E-state index in [9.17, 15) is 14.4 Å². The summed E-state index contributed by atoms with van der Waals surface area (Å²) in [5, 5.41) is 0. The van der Waals surface area contributed by atoms with Gasteiger partial charge in [0.15, 0.2) is 6.10 Å². The van der Waals surface area contributed by atoms with E-state index in [1.165, 1.54) is 212 Å². The quantitative estimate of drug-likeness (QED) is 0.0261. The lowest BCUT2D eigenvalue weighted by molar-refractivity contribution is -0.167. The van der Waals surface area contributed by atoms with Crippen molar-refractivity contribution < 1.29 is 28.6 Å². The second kappa shape index (κ2) is 66.4. The highest BCUT2D eigenvalue weighted by Gasteiger charge is 2.19. The zero-order valence-electron chi connectivity index (χ0n) is 51.9. The van der Waals surface area contributed by atoms with E-state index in [2.05, 4.69) is 93.7 Å². The molecule has 0 aliphatic rings. The van der Waals surface area contributed by atoms with Crippen LogP contribution in [0.3, 0.4) is 0 Å². The van der Waals surface area contributed by atoms with E-state index in [4.69, 9.17) is 14.2 Å². The van der Waals surface area contributed by atoms with Gasteiger partial charge in [-0.3, -0.25) is 14.4 Å². The van der Waals surface area contributed by atoms with Crippen molar-refractivity contribution in [1.29, 1.82) is 0 Å². The normalized spacial score (nSPS) is 12.5. The molecule has 0 N–H and O–H groups in total. The fourth-order valence-corrected chi connectivity index (χ4v) is 9.92. The topological polar surface area (TPSA) is 78.9 Å². The Morgan fingerprint density at radius 1 is 0.269 bits per heavy atom. The van der Waals surface area contributed by atoms with Gasteiger partial charge in [0.1, 0.15) is 13.2 Å². The zero-order valence-corrected chi connectivity index (χ0v) is 51.9. The summed E-state index contributed by atoms with van der Waals surface area (Å²) in [6.45, 7) is 6.55. The molecular formula is C72H128O6. The standard InChI is InChI=1S/C72H128O6/c1-4-7-10-13-16-19-22-25-28-30-32-34-35-36-38-39-41-44-47-50-53-56-59-62-65-71(74)77-68-69(67-76-70(73)64-61-58-55-52-49-46-43-27-24-21-18-15-12-9-6-3)78-72(75)66-63-60-57-54-51-48-45-42-40-37-33-31-29-26-23-20-17-14-11-8-5-2/h8,11,17,20,26,29,33,37,42,45,51,54,69H,4-7,9-10,12-16,18-19,21-25,27-28,30-32,34-36,38-41,43-44,46-50,52-53,55-68H2,1-3H3/b11-8-,20-17-,29-26-,37-33-,45-42-,54-51-. The summed E-state index contributed by atoms with van der Waals surface area (Å²) in [6.07, 6.45) is 86.4. The van der Waals surface area contributed by atoms with Gasteiger partial charge in [0.2, 0.25) is 0 Å². The maximum atomic E-state index is 12.9. The summed E-state index contributed by atoms with van der Waals surface area (Å²) in [4.78, 5) is 38.4. The number of ether oxygens (including phenoxy) is 3. The number of carbonyl (C=O) groups excluding carboxylic acids is 3. The van der Waals surface area contributed by atoms with Gasteiger partial charge in [-0.1, -0.05) is 331 Å². The minimum Gasteiger partial charge on any atom is -0.462 e. The molecule has 0 aromatic carbocycles. The molecule has 1 atom stereocenters. The minimum absolute atomic E-state index is 0.0885. The fraction of sp³-hybridized carbons (Fsp3) is 0.792. The van der Waals surface area contributed by atoms with E-state index in [0.717, 1.165) is 89.9 Å². The van der Waals surface area contributed by atoms with Crippen LogP contribution in [0, 0.1) is 0 Å². The van der Waals surface area contributed by atoms with Crippen molar-refractivity contribution in [2.75, 3.05) is 13.2 Å². The van der Waals surface area contributed by atoms with E-state index in [1.807, 2.05) is 0 Å². The summed E-state index contributed by atoms with van der Waals surface area (Å²) in [5.41, 5.74) is 0. The molecule has 0 bridgehead atoms. The first-order chi connectivity index (χ1) is 38.5. The van der Waals surface area contributed by atoms with Crippen LogP contribution in [-0.4, -0.2) is 37.2 Å². The molecule has 0 heterocycles. The molecule has 0 saturated heterocycles. The molecule has 6 heteroatoms. The second-order valence-electron chi connectivity index (χ2n) is 22.7. The Morgan fingerprint density at radius 3 is 0.782 bits per heavy atom. The predicted molar refractivity (Wildman–Crippen MR) is 339 cm³/mol. The van der Waals surface area contributed by atoms with Crippen molar-refractivity contribution in [1.82, 2.24) is 0 Å². The number of hydrogen-bond acceptors (Lipinski definition) is 6. The highest BCUT2D eigenvalue weighted by atomic mass is 16.6. The summed E-state index contributed by atoms with van der Waals surface area (Å²) in [6, 6.07) is 0. The van der Waals surface area contributed by atoms with Crippen LogP contribution in [0.4, 0.5) is 0 Å². The molecule has 78 heavy (non-hydrogen) atoms. The van der Waals surface area contributed by atoms with Crippen LogP contribution in [0.5, 0.6) is 0 Å². The van der Waals surface area contributed by atoms with Crippen molar-refractivity contribution >= 4 is 17.9 Å². The molecule has 0 spiro atoms. The predicted octanol–water partition coefficient (Wildman–Crippen LogP) is 23.3. The third-order valence-corrected chi connectivity index (χ3v) is 15.0. The van der Waals surface area contributed by atoms with Gasteiger partial charge in [-0.2, -0.15) is 0 Å². The van der Waals surface area contributed by atoms with Gasteiger partial charge < -0.3 is 14.2 Å². The van der Waals surface area contributed by atoms with Crippen molar-refractivity contribution in [3.05, 3.63) is 72.9 Å². The Labute approximate surface area is 484 Å². The fourth-order valence-electron chi connectivity index (χ4n) is 9.92. The highest BCUT2D eigenvalue weighted by Crippen LogP contribution is 2.18. The van der Waals surface area contributed by atoms with Crippen LogP contribution < -0.4 is 0 Å². The lowest BCUT2D eigenvalue weighted by atomic mass is 10.0. The summed E-state index contributed by atoms with van der Waals surface area (Å²) >= 11 is 0. The molecule has 1 unspecified atom stereocenters. The molecule has 0 rings (SSSR count). The lowest BCUT2D eigenvalue weighted by Gasteiger charge is -2.18. The third kappa shape index (κ3) is 63.7. The maximum absolute atomic E-state index is 12.9. The van der Waals surface area contributed by atoms with Gasteiger partial charge in [0, 0.05) is 19.3 Å². The molecular weight excluding hydrogens is 961 g/mol. The van der Waals surface area contributed by atoms with Gasteiger partial charge in [-0.15, -0.1) is 0 Å². The third-order valence-electron chi connectivity index (χ3n) is 15.0. The van der Waals surface area contributed by atoms with Gasteiger partial charge in [-0.25, -0.2) is 0 Å². The van der Waals surface area contributed by atoms with E-state index < -0.39 is 6.10 Å². The van der Waals surface area contributed by atoms with Gasteiger partial charge in [-0.05, 0) is 70.6 Å². The number of carbonyl (C=O) groups is 3. The van der Waals surface area contributed by atoms with Crippen molar-refractivity contribution in [2.24, 2.45) is 0 Å². The van der Waals surface area contributed by atoms with E-state index in [-0.39, 0.29) is 37.5 Å². The Kier molecular flexibility index (Phi) is 63.7. The number of hydrogen-bond donors (Lipinski definition) is 0. The summed E-state index contributed by atoms with van der Waals surface area (Å²) < 4.78 is 16.9. The second-order valence-corrected chi connectivity index (χ2v) is 22.7. The Hall–Kier alpha value is -3.15. The molecule has 6 nitrogen and oxygen atoms in total. The van der Waals surface area contributed by atoms with Gasteiger partial charge >= 0.3 is 17.9 Å². The molecule has 0 amide bonds. The average Bonchev–Trinajstić information content (AvgIpc) is 3.44. The van der Waals surface area contributed by atoms with Crippen molar-refractivity contribution in [3.63, 3.8) is 0 Å². The zero-order chi connectivity index (χ0) is 56.4. The van der Waals surface area contributed by atoms with Crippen LogP contribution >= 0.6 is 0 Å². The monoisotopic (exact) mass is 1090 g/mol. The maximum Gasteiger partial charge on any atom is 0.306 e. The van der Waals surface area contributed by atoms with Gasteiger partial charge in [0.25, 0.3) is 0 Å². The SMILES string of the molecule is CC/C=C\C/C=C\C/C=C\C/C=C\C/C=C\C/C=C\CCCCC(=O)OC(COC(=O)CCCCCCCCCCCCCCCCC)COC(=O)CCCCCCCCCCCCCCCCCCCCCCCCCC. The largest absolute Gasteiger partial charge is 0.462 e. The average molecular weight is 1090 g/mol. The Bertz CT molecular complexity index is 1440. The molecule has 0 radical (unpaired) electrons. The summed E-state index contributed by atoms with van der Waals surface area (Å²) in [7, 11) is 0. The first-order valence-corrected chi connectivity index (χ1v) is 33.9. The van der Waals surface area contributed by atoms with Crippen molar-refractivity contribution in [3.8, 4) is 0 Å². The van der Waals surface area contributed by atoms with Crippen LogP contribution in [0.15, 0.2) is 72.9 Å². The number of unbranched alkanes of at least 4 members (excludes halogenated alkanes) is 39. The molecule has 0 aliphatic carbocycles.